The molecule has 3 aromatic heterocycles. The number of sulfone groups is 1. The molecule has 1 aliphatic heterocycles. The van der Waals surface area contributed by atoms with Crippen LogP contribution in [-0.2, 0) is 9.84 Å². The summed E-state index contributed by atoms with van der Waals surface area (Å²) in [7, 11) is -3.02. The van der Waals surface area contributed by atoms with Gasteiger partial charge in [0.05, 0.1) is 33.8 Å². The molecule has 194 valence electrons. The Morgan fingerprint density at radius 2 is 1.79 bits per heavy atom. The minimum Gasteiger partial charge on any atom is -0.424 e. The molecule has 0 N–H and O–H groups in total. The van der Waals surface area contributed by atoms with Crippen LogP contribution < -0.4 is 4.74 Å². The van der Waals surface area contributed by atoms with E-state index in [2.05, 4.69) is 24.5 Å². The summed E-state index contributed by atoms with van der Waals surface area (Å²) in [5, 5.41) is 1.02. The highest BCUT2D eigenvalue weighted by molar-refractivity contribution is 7.91. The van der Waals surface area contributed by atoms with Gasteiger partial charge in [0.1, 0.15) is 32.7 Å². The Bertz CT molecular complexity index is 1830. The van der Waals surface area contributed by atoms with Gasteiger partial charge in [-0.1, -0.05) is 11.6 Å². The molecule has 6 rings (SSSR count). The predicted molar refractivity (Wildman–Crippen MR) is 144 cm³/mol. The lowest BCUT2D eigenvalue weighted by molar-refractivity contribution is 0.440. The molecule has 0 unspecified atom stereocenters. The topological polar surface area (TPSA) is 99.9 Å². The van der Waals surface area contributed by atoms with Gasteiger partial charge in [0.25, 0.3) is 0 Å². The van der Waals surface area contributed by atoms with Crippen molar-refractivity contribution in [1.82, 2.24) is 24.5 Å². The molecule has 0 saturated carbocycles. The number of fused-ring (bicyclic) bond motifs is 3. The Morgan fingerprint density at radius 3 is 2.53 bits per heavy atom. The van der Waals surface area contributed by atoms with Crippen molar-refractivity contribution in [3.8, 4) is 22.9 Å². The first-order valence-electron chi connectivity index (χ1n) is 12.1. The van der Waals surface area contributed by atoms with Gasteiger partial charge in [0, 0.05) is 46.6 Å². The standard InChI is InChI=1S/C27H23ClFN5O3S/c1-15-5-8-30-27(32-15)37-18-3-4-19(22(28)11-18)20-12-21-24(13-23(20)29)31-14-25-26(21)34(16(2)33-25)17-6-9-38(35,36)10-7-17/h3-5,8,11-14,17H,6-7,9-10H2,1-2H3. The minimum absolute atomic E-state index is 0.0218. The van der Waals surface area contributed by atoms with Crippen LogP contribution in [0.5, 0.6) is 11.8 Å². The highest BCUT2D eigenvalue weighted by Crippen LogP contribution is 2.38. The number of nitrogens with zero attached hydrogens (tertiary/aromatic N) is 5. The molecular formula is C27H23ClFN5O3S. The van der Waals surface area contributed by atoms with Crippen LogP contribution in [0.3, 0.4) is 0 Å². The lowest BCUT2D eigenvalue weighted by Gasteiger charge is -2.25. The van der Waals surface area contributed by atoms with E-state index in [9.17, 15) is 8.42 Å². The normalized spacial score (nSPS) is 15.8. The van der Waals surface area contributed by atoms with E-state index in [1.165, 1.54) is 6.07 Å². The van der Waals surface area contributed by atoms with Crippen LogP contribution in [0.1, 0.15) is 30.4 Å². The number of pyridine rings is 1. The van der Waals surface area contributed by atoms with Crippen LogP contribution in [0, 0.1) is 19.7 Å². The zero-order chi connectivity index (χ0) is 26.6. The Labute approximate surface area is 223 Å². The fourth-order valence-corrected chi connectivity index (χ4v) is 6.80. The molecule has 38 heavy (non-hydrogen) atoms. The summed E-state index contributed by atoms with van der Waals surface area (Å²) < 4.78 is 47.3. The Morgan fingerprint density at radius 1 is 1.00 bits per heavy atom. The van der Waals surface area contributed by atoms with Gasteiger partial charge >= 0.3 is 6.01 Å². The monoisotopic (exact) mass is 551 g/mol. The summed E-state index contributed by atoms with van der Waals surface area (Å²) in [6.45, 7) is 3.73. The van der Waals surface area contributed by atoms with Crippen molar-refractivity contribution >= 4 is 43.4 Å². The van der Waals surface area contributed by atoms with Crippen molar-refractivity contribution in [2.24, 2.45) is 0 Å². The fourth-order valence-electron chi connectivity index (χ4n) is 5.06. The van der Waals surface area contributed by atoms with Crippen LogP contribution in [0.15, 0.2) is 48.8 Å². The lowest BCUT2D eigenvalue weighted by atomic mass is 10.0. The Balaban J connectivity index is 1.45. The van der Waals surface area contributed by atoms with Gasteiger partial charge in [-0.3, -0.25) is 4.98 Å². The van der Waals surface area contributed by atoms with E-state index in [1.807, 2.05) is 13.8 Å². The van der Waals surface area contributed by atoms with E-state index in [0.29, 0.717) is 45.8 Å². The van der Waals surface area contributed by atoms with E-state index < -0.39 is 15.7 Å². The summed E-state index contributed by atoms with van der Waals surface area (Å²) in [5.74, 6) is 1.00. The highest BCUT2D eigenvalue weighted by atomic mass is 35.5. The van der Waals surface area contributed by atoms with Gasteiger partial charge in [-0.05, 0) is 51.0 Å². The molecule has 0 radical (unpaired) electrons. The molecule has 0 aliphatic carbocycles. The van der Waals surface area contributed by atoms with Crippen molar-refractivity contribution < 1.29 is 17.5 Å². The van der Waals surface area contributed by atoms with Crippen LogP contribution in [-0.4, -0.2) is 44.4 Å². The molecule has 2 aromatic carbocycles. The smallest absolute Gasteiger partial charge is 0.322 e. The first-order valence-corrected chi connectivity index (χ1v) is 14.3. The maximum absolute atomic E-state index is 15.4. The number of aromatic nitrogens is 5. The second kappa shape index (κ2) is 9.28. The predicted octanol–water partition coefficient (Wildman–Crippen LogP) is 5.99. The number of halogens is 2. The van der Waals surface area contributed by atoms with Crippen LogP contribution in [0.4, 0.5) is 4.39 Å². The van der Waals surface area contributed by atoms with Crippen molar-refractivity contribution in [2.75, 3.05) is 11.5 Å². The van der Waals surface area contributed by atoms with Gasteiger partial charge in [-0.25, -0.2) is 27.8 Å². The second-order valence-corrected chi connectivity index (χ2v) is 12.2. The number of hydrogen-bond acceptors (Lipinski definition) is 7. The van der Waals surface area contributed by atoms with E-state index in [-0.39, 0.29) is 23.6 Å². The highest BCUT2D eigenvalue weighted by Gasteiger charge is 2.28. The van der Waals surface area contributed by atoms with Crippen LogP contribution in [0.2, 0.25) is 5.02 Å². The van der Waals surface area contributed by atoms with Gasteiger partial charge in [0.2, 0.25) is 0 Å². The van der Waals surface area contributed by atoms with E-state index in [1.54, 1.807) is 42.7 Å². The molecule has 5 aromatic rings. The zero-order valence-corrected chi connectivity index (χ0v) is 22.2. The summed E-state index contributed by atoms with van der Waals surface area (Å²) in [4.78, 5) is 17.4. The van der Waals surface area contributed by atoms with Gasteiger partial charge < -0.3 is 9.30 Å². The molecule has 8 nitrogen and oxygen atoms in total. The molecule has 1 aliphatic rings. The van der Waals surface area contributed by atoms with Gasteiger partial charge in [-0.2, -0.15) is 0 Å². The number of rotatable bonds is 4. The summed E-state index contributed by atoms with van der Waals surface area (Å²) in [6.07, 6.45) is 4.24. The molecule has 0 atom stereocenters. The maximum Gasteiger partial charge on any atom is 0.322 e. The lowest BCUT2D eigenvalue weighted by Crippen LogP contribution is -2.26. The summed E-state index contributed by atoms with van der Waals surface area (Å²) in [6, 6.07) is 10.0. The first kappa shape index (κ1) is 24.7. The van der Waals surface area contributed by atoms with E-state index >= 15 is 4.39 Å². The fraction of sp³-hybridized carbons (Fsp3) is 0.259. The average molecular weight is 552 g/mol. The molecule has 1 saturated heterocycles. The van der Waals surface area contributed by atoms with Crippen molar-refractivity contribution in [2.45, 2.75) is 32.7 Å². The van der Waals surface area contributed by atoms with E-state index in [0.717, 1.165) is 22.4 Å². The third kappa shape index (κ3) is 4.48. The molecule has 11 heteroatoms. The van der Waals surface area contributed by atoms with Crippen molar-refractivity contribution in [3.05, 3.63) is 71.2 Å². The molecule has 4 heterocycles. The van der Waals surface area contributed by atoms with Gasteiger partial charge in [0.15, 0.2) is 0 Å². The molecule has 1 fully saturated rings. The SMILES string of the molecule is Cc1ccnc(Oc2ccc(-c3cc4c(cc3F)ncc3nc(C)n(C5CCS(=O)(=O)CC5)c34)c(Cl)c2)n1. The van der Waals surface area contributed by atoms with Crippen LogP contribution in [0.25, 0.3) is 33.1 Å². The minimum atomic E-state index is -3.02. The average Bonchev–Trinajstić information content (AvgIpc) is 3.20. The number of benzene rings is 2. The van der Waals surface area contributed by atoms with E-state index in [4.69, 9.17) is 16.3 Å². The van der Waals surface area contributed by atoms with Gasteiger partial charge in [-0.15, -0.1) is 0 Å². The maximum atomic E-state index is 15.4. The van der Waals surface area contributed by atoms with Crippen molar-refractivity contribution in [3.63, 3.8) is 0 Å². The quantitative estimate of drug-likeness (QED) is 0.270. The second-order valence-electron chi connectivity index (χ2n) is 9.48. The summed E-state index contributed by atoms with van der Waals surface area (Å²) in [5.41, 5.74) is 3.54. The first-order chi connectivity index (χ1) is 18.2. The van der Waals surface area contributed by atoms with Crippen molar-refractivity contribution in [1.29, 1.82) is 0 Å². The Kier molecular flexibility index (Phi) is 6.03. The number of ether oxygens (including phenoxy) is 1. The number of aryl methyl sites for hydroxylation is 2. The van der Waals surface area contributed by atoms with Crippen LogP contribution >= 0.6 is 11.6 Å². The summed E-state index contributed by atoms with van der Waals surface area (Å²) >= 11 is 6.61. The molecule has 0 spiro atoms. The zero-order valence-electron chi connectivity index (χ0n) is 20.6. The molecular weight excluding hydrogens is 529 g/mol. The molecule has 0 bridgehead atoms. The third-order valence-corrected chi connectivity index (χ3v) is 8.91. The Hall–Kier alpha value is -3.63. The largest absolute Gasteiger partial charge is 0.424 e. The third-order valence-electron chi connectivity index (χ3n) is 6.88. The number of imidazole rings is 1. The molecule has 0 amide bonds. The number of hydrogen-bond donors (Lipinski definition) is 0.